The highest BCUT2D eigenvalue weighted by Gasteiger charge is 2.19. The van der Waals surface area contributed by atoms with Crippen LogP contribution in [0.4, 0.5) is 0 Å². The lowest BCUT2D eigenvalue weighted by Crippen LogP contribution is -1.92. The molecule has 6 aromatic carbocycles. The van der Waals surface area contributed by atoms with Crippen molar-refractivity contribution >= 4 is 54.9 Å². The SMILES string of the molecule is Cc1ccc(Sc2c3ccccc3c(-c3cc4ccccc4c4ccccc34)c3cnccc23)c(C)c1. The molecular formula is C35H25NS. The van der Waals surface area contributed by atoms with Gasteiger partial charge in [0.1, 0.15) is 0 Å². The van der Waals surface area contributed by atoms with Gasteiger partial charge in [0.15, 0.2) is 0 Å². The Labute approximate surface area is 220 Å². The Morgan fingerprint density at radius 1 is 0.568 bits per heavy atom. The quantitative estimate of drug-likeness (QED) is 0.180. The summed E-state index contributed by atoms with van der Waals surface area (Å²) in [4.78, 5) is 7.19. The third kappa shape index (κ3) is 3.60. The molecule has 0 saturated heterocycles. The van der Waals surface area contributed by atoms with E-state index in [1.54, 1.807) is 0 Å². The van der Waals surface area contributed by atoms with Crippen molar-refractivity contribution in [2.24, 2.45) is 0 Å². The fraction of sp³-hybridized carbons (Fsp3) is 0.0571. The summed E-state index contributed by atoms with van der Waals surface area (Å²) in [5.41, 5.74) is 5.11. The van der Waals surface area contributed by atoms with Crippen molar-refractivity contribution in [2.45, 2.75) is 23.6 Å². The molecule has 37 heavy (non-hydrogen) atoms. The van der Waals surface area contributed by atoms with Crippen molar-refractivity contribution in [3.63, 3.8) is 0 Å². The first kappa shape index (κ1) is 22.1. The van der Waals surface area contributed by atoms with E-state index in [-0.39, 0.29) is 0 Å². The molecule has 0 bridgehead atoms. The predicted molar refractivity (Wildman–Crippen MR) is 160 cm³/mol. The topological polar surface area (TPSA) is 12.9 Å². The van der Waals surface area contributed by atoms with Crippen LogP contribution in [0.3, 0.4) is 0 Å². The van der Waals surface area contributed by atoms with E-state index in [4.69, 9.17) is 0 Å². The molecule has 0 N–H and O–H groups in total. The summed E-state index contributed by atoms with van der Waals surface area (Å²) < 4.78 is 0. The Kier molecular flexibility index (Phi) is 5.23. The van der Waals surface area contributed by atoms with Gasteiger partial charge in [-0.2, -0.15) is 0 Å². The van der Waals surface area contributed by atoms with Gasteiger partial charge in [-0.05, 0) is 86.4 Å². The number of hydrogen-bond donors (Lipinski definition) is 0. The lowest BCUT2D eigenvalue weighted by molar-refractivity contribution is 1.26. The maximum atomic E-state index is 4.62. The molecular weight excluding hydrogens is 466 g/mol. The molecule has 0 saturated carbocycles. The Morgan fingerprint density at radius 3 is 2.05 bits per heavy atom. The van der Waals surface area contributed by atoms with Crippen molar-refractivity contribution in [1.82, 2.24) is 4.98 Å². The van der Waals surface area contributed by atoms with Crippen LogP contribution in [0, 0.1) is 13.8 Å². The first-order valence-corrected chi connectivity index (χ1v) is 13.4. The van der Waals surface area contributed by atoms with E-state index in [0.29, 0.717) is 0 Å². The van der Waals surface area contributed by atoms with Crippen LogP contribution in [0.15, 0.2) is 125 Å². The third-order valence-electron chi connectivity index (χ3n) is 7.36. The van der Waals surface area contributed by atoms with Crippen LogP contribution in [-0.2, 0) is 0 Å². The zero-order valence-corrected chi connectivity index (χ0v) is 21.6. The Morgan fingerprint density at radius 2 is 1.24 bits per heavy atom. The first-order chi connectivity index (χ1) is 18.2. The van der Waals surface area contributed by atoms with Gasteiger partial charge < -0.3 is 0 Å². The van der Waals surface area contributed by atoms with Gasteiger partial charge in [-0.1, -0.05) is 102 Å². The van der Waals surface area contributed by atoms with E-state index in [9.17, 15) is 0 Å². The van der Waals surface area contributed by atoms with Crippen LogP contribution >= 0.6 is 11.8 Å². The molecule has 2 heteroatoms. The molecule has 0 spiro atoms. The normalized spacial score (nSPS) is 11.6. The zero-order chi connectivity index (χ0) is 24.9. The molecule has 0 fully saturated rings. The van der Waals surface area contributed by atoms with Crippen molar-refractivity contribution in [1.29, 1.82) is 0 Å². The number of benzene rings is 6. The summed E-state index contributed by atoms with van der Waals surface area (Å²) in [7, 11) is 0. The van der Waals surface area contributed by atoms with Crippen LogP contribution < -0.4 is 0 Å². The minimum absolute atomic E-state index is 1.19. The van der Waals surface area contributed by atoms with Gasteiger partial charge in [-0.3, -0.25) is 4.98 Å². The first-order valence-electron chi connectivity index (χ1n) is 12.6. The molecule has 1 aromatic heterocycles. The minimum Gasteiger partial charge on any atom is -0.264 e. The molecule has 1 nitrogen and oxygen atoms in total. The number of aryl methyl sites for hydroxylation is 2. The van der Waals surface area contributed by atoms with Crippen molar-refractivity contribution in [3.8, 4) is 11.1 Å². The van der Waals surface area contributed by atoms with Crippen LogP contribution in [0.5, 0.6) is 0 Å². The van der Waals surface area contributed by atoms with Crippen molar-refractivity contribution in [2.75, 3.05) is 0 Å². The van der Waals surface area contributed by atoms with E-state index in [2.05, 4.69) is 122 Å². The summed E-state index contributed by atoms with van der Waals surface area (Å²) in [6.07, 6.45) is 3.97. The summed E-state index contributed by atoms with van der Waals surface area (Å²) in [6, 6.07) is 37.6. The van der Waals surface area contributed by atoms with Crippen LogP contribution in [-0.4, -0.2) is 4.98 Å². The van der Waals surface area contributed by atoms with Gasteiger partial charge in [0.05, 0.1) is 0 Å². The molecule has 0 aliphatic heterocycles. The lowest BCUT2D eigenvalue weighted by atomic mass is 9.88. The van der Waals surface area contributed by atoms with Gasteiger partial charge >= 0.3 is 0 Å². The summed E-state index contributed by atoms with van der Waals surface area (Å²) >= 11 is 1.86. The maximum absolute atomic E-state index is 4.62. The highest BCUT2D eigenvalue weighted by atomic mass is 32.2. The van der Waals surface area contributed by atoms with Crippen LogP contribution in [0.1, 0.15) is 11.1 Å². The molecule has 0 atom stereocenters. The molecule has 7 aromatic rings. The highest BCUT2D eigenvalue weighted by Crippen LogP contribution is 2.47. The fourth-order valence-electron chi connectivity index (χ4n) is 5.67. The number of aromatic nitrogens is 1. The number of fused-ring (bicyclic) bond motifs is 5. The van der Waals surface area contributed by atoms with E-state index in [1.807, 2.05) is 24.2 Å². The fourth-order valence-corrected chi connectivity index (χ4v) is 6.82. The molecule has 0 radical (unpaired) electrons. The Hall–Kier alpha value is -4.14. The van der Waals surface area contributed by atoms with Gasteiger partial charge in [-0.25, -0.2) is 0 Å². The Bertz CT molecular complexity index is 1930. The van der Waals surface area contributed by atoms with Gasteiger partial charge in [0.25, 0.3) is 0 Å². The molecule has 0 unspecified atom stereocenters. The Balaban J connectivity index is 1.61. The number of pyridine rings is 1. The second-order valence-electron chi connectivity index (χ2n) is 9.73. The maximum Gasteiger partial charge on any atom is 0.0353 e. The predicted octanol–water partition coefficient (Wildman–Crippen LogP) is 10.1. The van der Waals surface area contributed by atoms with Crippen LogP contribution in [0.25, 0.3) is 54.2 Å². The molecule has 0 aliphatic rings. The molecule has 7 rings (SSSR count). The molecule has 176 valence electrons. The summed E-state index contributed by atoms with van der Waals surface area (Å²) in [6.45, 7) is 4.36. The van der Waals surface area contributed by atoms with Crippen molar-refractivity contribution < 1.29 is 0 Å². The summed E-state index contributed by atoms with van der Waals surface area (Å²) in [5.74, 6) is 0. The smallest absolute Gasteiger partial charge is 0.0353 e. The summed E-state index contributed by atoms with van der Waals surface area (Å²) in [5, 5.41) is 10.1. The standard InChI is InChI=1S/C35H25NS/c1-22-15-16-33(23(2)19-22)37-35-29-14-8-7-13-28(29)34(32-21-36-18-17-30(32)35)31-20-24-9-3-4-10-25(24)26-11-5-6-12-27(26)31/h3-21H,1-2H3. The average Bonchev–Trinajstić information content (AvgIpc) is 2.94. The second-order valence-corrected chi connectivity index (χ2v) is 10.8. The highest BCUT2D eigenvalue weighted by molar-refractivity contribution is 7.99. The minimum atomic E-state index is 1.19. The molecule has 1 heterocycles. The number of nitrogens with zero attached hydrogens (tertiary/aromatic N) is 1. The monoisotopic (exact) mass is 491 g/mol. The van der Waals surface area contributed by atoms with E-state index >= 15 is 0 Å². The number of hydrogen-bond acceptors (Lipinski definition) is 2. The molecule has 0 amide bonds. The molecule has 0 aliphatic carbocycles. The lowest BCUT2D eigenvalue weighted by Gasteiger charge is -2.19. The van der Waals surface area contributed by atoms with Gasteiger partial charge in [0.2, 0.25) is 0 Å². The van der Waals surface area contributed by atoms with Crippen LogP contribution in [0.2, 0.25) is 0 Å². The largest absolute Gasteiger partial charge is 0.264 e. The van der Waals surface area contributed by atoms with Gasteiger partial charge in [-0.15, -0.1) is 0 Å². The van der Waals surface area contributed by atoms with E-state index in [1.165, 1.54) is 75.1 Å². The van der Waals surface area contributed by atoms with Gasteiger partial charge in [0, 0.05) is 27.6 Å². The average molecular weight is 492 g/mol. The van der Waals surface area contributed by atoms with Crippen molar-refractivity contribution in [3.05, 3.63) is 127 Å². The third-order valence-corrected chi connectivity index (χ3v) is 8.68. The zero-order valence-electron chi connectivity index (χ0n) is 20.8. The number of rotatable bonds is 3. The van der Waals surface area contributed by atoms with E-state index < -0.39 is 0 Å². The second kappa shape index (κ2) is 8.76. The van der Waals surface area contributed by atoms with E-state index in [0.717, 1.165) is 0 Å².